The largest absolute Gasteiger partial charge is 0.468 e. The second kappa shape index (κ2) is 6.87. The molecule has 3 unspecified atom stereocenters. The van der Waals surface area contributed by atoms with Crippen LogP contribution >= 0.6 is 0 Å². The van der Waals surface area contributed by atoms with Gasteiger partial charge in [0.25, 0.3) is 0 Å². The molecule has 0 bridgehead atoms. The Morgan fingerprint density at radius 2 is 2.35 bits per heavy atom. The molecule has 2 aliphatic rings. The molecule has 5 nitrogen and oxygen atoms in total. The SMILES string of the molecule is CCNC1(C(=O)OC)CCC(N2CCCOC(C)C2)C1. The normalized spacial score (nSPS) is 35.8. The molecule has 1 aliphatic heterocycles. The van der Waals surface area contributed by atoms with Crippen molar-refractivity contribution in [3.05, 3.63) is 0 Å². The molecule has 116 valence electrons. The number of nitrogens with zero attached hydrogens (tertiary/aromatic N) is 1. The van der Waals surface area contributed by atoms with Crippen LogP contribution in [0, 0.1) is 0 Å². The Hall–Kier alpha value is -0.650. The van der Waals surface area contributed by atoms with E-state index in [9.17, 15) is 4.79 Å². The summed E-state index contributed by atoms with van der Waals surface area (Å²) in [7, 11) is 1.48. The van der Waals surface area contributed by atoms with Gasteiger partial charge in [0, 0.05) is 25.7 Å². The van der Waals surface area contributed by atoms with E-state index in [4.69, 9.17) is 9.47 Å². The highest BCUT2D eigenvalue weighted by Gasteiger charge is 2.47. The standard InChI is InChI=1S/C15H28N2O3/c1-4-16-15(14(18)19-3)7-6-13(10-15)17-8-5-9-20-12(2)11-17/h12-13,16H,4-11H2,1-3H3. The van der Waals surface area contributed by atoms with Crippen LogP contribution in [0.3, 0.4) is 0 Å². The Morgan fingerprint density at radius 1 is 1.55 bits per heavy atom. The summed E-state index contributed by atoms with van der Waals surface area (Å²) >= 11 is 0. The summed E-state index contributed by atoms with van der Waals surface area (Å²) in [5.74, 6) is -0.110. The van der Waals surface area contributed by atoms with E-state index < -0.39 is 5.54 Å². The first kappa shape index (κ1) is 15.7. The number of methoxy groups -OCH3 is 1. The highest BCUT2D eigenvalue weighted by Crippen LogP contribution is 2.34. The molecule has 20 heavy (non-hydrogen) atoms. The monoisotopic (exact) mass is 284 g/mol. The number of hydrogen-bond acceptors (Lipinski definition) is 5. The average Bonchev–Trinajstić information content (AvgIpc) is 2.75. The fourth-order valence-electron chi connectivity index (χ4n) is 3.64. The highest BCUT2D eigenvalue weighted by atomic mass is 16.5. The van der Waals surface area contributed by atoms with E-state index in [1.54, 1.807) is 0 Å². The van der Waals surface area contributed by atoms with Crippen molar-refractivity contribution >= 4 is 5.97 Å². The lowest BCUT2D eigenvalue weighted by Crippen LogP contribution is -2.52. The predicted molar refractivity (Wildman–Crippen MR) is 77.7 cm³/mol. The lowest BCUT2D eigenvalue weighted by atomic mass is 9.97. The van der Waals surface area contributed by atoms with Crippen LogP contribution in [0.1, 0.15) is 39.5 Å². The minimum Gasteiger partial charge on any atom is -0.468 e. The van der Waals surface area contributed by atoms with Crippen molar-refractivity contribution in [2.75, 3.05) is 33.4 Å². The zero-order chi connectivity index (χ0) is 14.6. The first-order chi connectivity index (χ1) is 9.61. The van der Waals surface area contributed by atoms with E-state index in [0.717, 1.165) is 51.9 Å². The van der Waals surface area contributed by atoms with E-state index in [-0.39, 0.29) is 12.1 Å². The number of nitrogens with one attached hydrogen (secondary N) is 1. The Kier molecular flexibility index (Phi) is 5.41. The van der Waals surface area contributed by atoms with Gasteiger partial charge in [-0.25, -0.2) is 0 Å². The van der Waals surface area contributed by atoms with Crippen LogP contribution in [0.15, 0.2) is 0 Å². The van der Waals surface area contributed by atoms with Crippen molar-refractivity contribution in [3.8, 4) is 0 Å². The van der Waals surface area contributed by atoms with E-state index in [1.807, 2.05) is 6.92 Å². The van der Waals surface area contributed by atoms with Crippen molar-refractivity contribution in [2.45, 2.75) is 57.2 Å². The maximum absolute atomic E-state index is 12.2. The zero-order valence-electron chi connectivity index (χ0n) is 13.0. The number of hydrogen-bond donors (Lipinski definition) is 1. The topological polar surface area (TPSA) is 50.8 Å². The van der Waals surface area contributed by atoms with Crippen LogP contribution in [0.2, 0.25) is 0 Å². The van der Waals surface area contributed by atoms with E-state index in [0.29, 0.717) is 6.04 Å². The van der Waals surface area contributed by atoms with Crippen molar-refractivity contribution < 1.29 is 14.3 Å². The third kappa shape index (κ3) is 3.32. The van der Waals surface area contributed by atoms with Gasteiger partial charge in [0.1, 0.15) is 5.54 Å². The summed E-state index contributed by atoms with van der Waals surface area (Å²) in [4.78, 5) is 14.7. The van der Waals surface area contributed by atoms with Gasteiger partial charge in [-0.15, -0.1) is 0 Å². The fraction of sp³-hybridized carbons (Fsp3) is 0.933. The first-order valence-corrected chi connectivity index (χ1v) is 7.80. The van der Waals surface area contributed by atoms with Crippen LogP contribution in [-0.4, -0.2) is 61.9 Å². The Morgan fingerprint density at radius 3 is 3.05 bits per heavy atom. The summed E-state index contributed by atoms with van der Waals surface area (Å²) in [6.45, 7) is 7.85. The molecule has 1 heterocycles. The van der Waals surface area contributed by atoms with Crippen LogP contribution in [-0.2, 0) is 14.3 Å². The van der Waals surface area contributed by atoms with Gasteiger partial charge < -0.3 is 14.8 Å². The molecule has 0 amide bonds. The Labute approximate surface area is 122 Å². The molecule has 0 aromatic heterocycles. The number of esters is 1. The summed E-state index contributed by atoms with van der Waals surface area (Å²) in [6.07, 6.45) is 4.12. The molecule has 0 radical (unpaired) electrons. The quantitative estimate of drug-likeness (QED) is 0.785. The molecule has 0 aromatic rings. The van der Waals surface area contributed by atoms with Crippen molar-refractivity contribution in [1.82, 2.24) is 10.2 Å². The molecule has 3 atom stereocenters. The van der Waals surface area contributed by atoms with Crippen LogP contribution in [0.5, 0.6) is 0 Å². The molecule has 0 aromatic carbocycles. The van der Waals surface area contributed by atoms with Gasteiger partial charge in [0.15, 0.2) is 0 Å². The lowest BCUT2D eigenvalue weighted by molar-refractivity contribution is -0.148. The number of carbonyl (C=O) groups is 1. The first-order valence-electron chi connectivity index (χ1n) is 7.80. The van der Waals surface area contributed by atoms with Gasteiger partial charge in [0.05, 0.1) is 13.2 Å². The molecular weight excluding hydrogens is 256 g/mol. The van der Waals surface area contributed by atoms with Crippen LogP contribution in [0.25, 0.3) is 0 Å². The fourth-order valence-corrected chi connectivity index (χ4v) is 3.64. The van der Waals surface area contributed by atoms with E-state index in [1.165, 1.54) is 7.11 Å². The van der Waals surface area contributed by atoms with Crippen molar-refractivity contribution in [1.29, 1.82) is 0 Å². The number of ether oxygens (including phenoxy) is 2. The second-order valence-electron chi connectivity index (χ2n) is 6.03. The molecular formula is C15H28N2O3. The third-order valence-corrected chi connectivity index (χ3v) is 4.58. The lowest BCUT2D eigenvalue weighted by Gasteiger charge is -2.31. The van der Waals surface area contributed by atoms with Crippen molar-refractivity contribution in [2.24, 2.45) is 0 Å². The Bertz CT molecular complexity index is 337. The molecule has 2 rings (SSSR count). The summed E-state index contributed by atoms with van der Waals surface area (Å²) in [5.41, 5.74) is -0.482. The van der Waals surface area contributed by atoms with Gasteiger partial charge in [-0.1, -0.05) is 6.92 Å². The van der Waals surface area contributed by atoms with Crippen LogP contribution < -0.4 is 5.32 Å². The van der Waals surface area contributed by atoms with Gasteiger partial charge in [-0.2, -0.15) is 0 Å². The maximum atomic E-state index is 12.2. The average molecular weight is 284 g/mol. The van der Waals surface area contributed by atoms with Crippen LogP contribution in [0.4, 0.5) is 0 Å². The van der Waals surface area contributed by atoms with Gasteiger partial charge in [-0.05, 0) is 39.2 Å². The minimum atomic E-state index is -0.482. The second-order valence-corrected chi connectivity index (χ2v) is 6.03. The summed E-state index contributed by atoms with van der Waals surface area (Å²) in [5, 5.41) is 3.37. The number of likely N-dealkylation sites (N-methyl/N-ethyl adjacent to an activating group) is 1. The summed E-state index contributed by atoms with van der Waals surface area (Å²) < 4.78 is 10.7. The van der Waals surface area contributed by atoms with Crippen molar-refractivity contribution in [3.63, 3.8) is 0 Å². The Balaban J connectivity index is 2.03. The summed E-state index contributed by atoms with van der Waals surface area (Å²) in [6, 6.07) is 0.456. The highest BCUT2D eigenvalue weighted by molar-refractivity contribution is 5.81. The molecule has 1 aliphatic carbocycles. The third-order valence-electron chi connectivity index (χ3n) is 4.58. The molecule has 1 N–H and O–H groups in total. The van der Waals surface area contributed by atoms with E-state index in [2.05, 4.69) is 17.1 Å². The zero-order valence-corrected chi connectivity index (χ0v) is 13.0. The molecule has 0 spiro atoms. The number of rotatable bonds is 4. The van der Waals surface area contributed by atoms with Gasteiger partial charge in [0.2, 0.25) is 0 Å². The predicted octanol–water partition coefficient (Wildman–Crippen LogP) is 1.17. The van der Waals surface area contributed by atoms with Gasteiger partial charge in [-0.3, -0.25) is 9.69 Å². The number of carbonyl (C=O) groups excluding carboxylic acids is 1. The minimum absolute atomic E-state index is 0.110. The molecule has 5 heteroatoms. The smallest absolute Gasteiger partial charge is 0.326 e. The van der Waals surface area contributed by atoms with Gasteiger partial charge >= 0.3 is 5.97 Å². The maximum Gasteiger partial charge on any atom is 0.326 e. The molecule has 1 saturated carbocycles. The van der Waals surface area contributed by atoms with E-state index >= 15 is 0 Å². The molecule has 1 saturated heterocycles. The molecule has 2 fully saturated rings.